The van der Waals surface area contributed by atoms with E-state index < -0.39 is 0 Å². The van der Waals surface area contributed by atoms with Crippen LogP contribution in [0.2, 0.25) is 0 Å². The Hall–Kier alpha value is 1.61. The summed E-state index contributed by atoms with van der Waals surface area (Å²) in [5, 5.41) is 0. The largest absolute Gasteiger partial charge is 1.00 e. The van der Waals surface area contributed by atoms with E-state index in [9.17, 15) is 0 Å². The van der Waals surface area contributed by atoms with Crippen LogP contribution in [0.1, 0.15) is 0 Å². The van der Waals surface area contributed by atoms with E-state index in [-0.39, 0.29) is 74.5 Å². The van der Waals surface area contributed by atoms with E-state index >= 15 is 0 Å². The predicted octanol–water partition coefficient (Wildman–Crippen LogP) is -8.09. The fourth-order valence-electron chi connectivity index (χ4n) is 0. The molecule has 0 amide bonds. The van der Waals surface area contributed by atoms with Crippen LogP contribution >= 0.6 is 0 Å². The number of hydrogen-bond donors (Lipinski definition) is 0. The van der Waals surface area contributed by atoms with E-state index in [1.165, 1.54) is 0 Å². The van der Waals surface area contributed by atoms with Crippen LogP contribution in [0.25, 0.3) is 0 Å². The first-order chi connectivity index (χ1) is 0. The maximum Gasteiger partial charge on any atom is 0 e. The van der Waals surface area contributed by atoms with Crippen LogP contribution in [0.4, 0.5) is 0 Å². The third kappa shape index (κ3) is 46.0. The van der Waals surface area contributed by atoms with E-state index in [1.54, 1.807) is 0 Å². The molecule has 0 bridgehead atoms. The molecule has 0 saturated carbocycles. The molecule has 0 saturated heterocycles. The molecule has 0 aliphatic carbocycles. The van der Waals surface area contributed by atoms with E-state index in [2.05, 4.69) is 0 Å². The molecule has 0 unspecified atom stereocenters. The van der Waals surface area contributed by atoms with Gasteiger partial charge in [0.15, 0.2) is 0 Å². The molecule has 0 aromatic carbocycles. The first-order valence-electron chi connectivity index (χ1n) is 0. The third-order valence-corrected chi connectivity index (χ3v) is 0. The van der Waals surface area contributed by atoms with Crippen molar-refractivity contribution in [3.63, 3.8) is 0 Å². The molecule has 0 heterocycles. The Morgan fingerprint density at radius 2 is 0.500 bits per heavy atom. The molecule has 1 radical (unpaired) electrons. The van der Waals surface area contributed by atoms with Gasteiger partial charge in [-0.3, -0.25) is 0 Å². The van der Waals surface area contributed by atoms with Crippen molar-refractivity contribution in [2.24, 2.45) is 0 Å². The average Bonchev–Trinajstić information content (AvgIpc) is 0. The molecule has 0 nitrogen and oxygen atoms in total. The summed E-state index contributed by atoms with van der Waals surface area (Å²) in [6, 6.07) is 0. The van der Waals surface area contributed by atoms with Crippen LogP contribution in [0.3, 0.4) is 0 Å². The van der Waals surface area contributed by atoms with Gasteiger partial charge in [-0.1, -0.05) is 0 Å². The van der Waals surface area contributed by atoms with Crippen molar-refractivity contribution in [3.05, 3.63) is 14.9 Å². The third-order valence-electron chi connectivity index (χ3n) is 0. The van der Waals surface area contributed by atoms with E-state index in [0.29, 0.717) is 0 Å². The predicted molar refractivity (Wildman–Crippen MR) is 12.8 cm³/mol. The van der Waals surface area contributed by atoms with Gasteiger partial charge in [0.1, 0.15) is 0 Å². The van der Waals surface area contributed by atoms with Crippen molar-refractivity contribution in [1.82, 2.24) is 0 Å². The second-order valence-electron chi connectivity index (χ2n) is 0. The zero-order valence-corrected chi connectivity index (χ0v) is 9.06. The zero-order chi connectivity index (χ0) is 0. The second-order valence-corrected chi connectivity index (χ2v) is 0. The Morgan fingerprint density at radius 3 is 0.500 bits per heavy atom. The number of rotatable bonds is 0. The van der Waals surface area contributed by atoms with Crippen LogP contribution in [0.5, 0.6) is 0 Å². The van der Waals surface area contributed by atoms with Crippen LogP contribution < -0.4 is 37.2 Å². The summed E-state index contributed by atoms with van der Waals surface area (Å²) in [6.45, 7) is 0. The molecule has 0 spiro atoms. The van der Waals surface area contributed by atoms with Crippen molar-refractivity contribution in [1.29, 1.82) is 0 Å². The summed E-state index contributed by atoms with van der Waals surface area (Å²) in [6.07, 6.45) is 0. The second kappa shape index (κ2) is 80.2. The van der Waals surface area contributed by atoms with Crippen molar-refractivity contribution in [2.45, 2.75) is 0 Å². The maximum absolute atomic E-state index is 0. The molecular formula is C2H6Cl3Ta-5. The Labute approximate surface area is 74.2 Å². The molecule has 0 aliphatic heterocycles. The minimum atomic E-state index is 0. The summed E-state index contributed by atoms with van der Waals surface area (Å²) in [7, 11) is 0. The first-order valence-corrected chi connectivity index (χ1v) is 0. The Morgan fingerprint density at radius 1 is 0.500 bits per heavy atom. The smallest absolute Gasteiger partial charge is 0 e. The van der Waals surface area contributed by atoms with Gasteiger partial charge >= 0.3 is 0 Å². The monoisotopic (exact) mass is 316 g/mol. The standard InChI is InChI=1S/2CH3.3ClH.Ta/h2*1H3;3*1H;/q2*-1;;;;/p-3. The molecule has 0 N–H and O–H groups in total. The van der Waals surface area contributed by atoms with Crippen LogP contribution in [0, 0.1) is 14.9 Å². The molecule has 45 valence electrons. The number of halogens is 3. The van der Waals surface area contributed by atoms with Crippen molar-refractivity contribution in [2.75, 3.05) is 0 Å². The molecular weight excluding hydrogens is 311 g/mol. The fourth-order valence-corrected chi connectivity index (χ4v) is 0. The van der Waals surface area contributed by atoms with E-state index in [1.807, 2.05) is 0 Å². The average molecular weight is 317 g/mol. The SMILES string of the molecule is [CH3-].[CH3-].[Cl-].[Cl-].[Cl-].[Ta]. The van der Waals surface area contributed by atoms with Gasteiger partial charge < -0.3 is 52.1 Å². The van der Waals surface area contributed by atoms with Gasteiger partial charge in [-0.25, -0.2) is 0 Å². The fraction of sp³-hybridized carbons (Fsp3) is 0. The minimum absolute atomic E-state index is 0. The summed E-state index contributed by atoms with van der Waals surface area (Å²) in [5.41, 5.74) is 0. The zero-order valence-electron chi connectivity index (χ0n) is 3.58. The molecule has 0 fully saturated rings. The summed E-state index contributed by atoms with van der Waals surface area (Å²) in [5.74, 6) is 0. The Balaban J connectivity index is 0. The van der Waals surface area contributed by atoms with Crippen LogP contribution in [-0.2, 0) is 22.4 Å². The minimum Gasteiger partial charge on any atom is -1.00 e. The molecule has 0 atom stereocenters. The Bertz CT molecular complexity index is 8.75. The summed E-state index contributed by atoms with van der Waals surface area (Å²) in [4.78, 5) is 0. The molecule has 0 aliphatic rings. The molecule has 0 rings (SSSR count). The van der Waals surface area contributed by atoms with Crippen molar-refractivity contribution in [3.8, 4) is 0 Å². The quantitative estimate of drug-likeness (QED) is 0.390. The molecule has 0 aromatic rings. The van der Waals surface area contributed by atoms with Crippen molar-refractivity contribution < 1.29 is 59.6 Å². The number of hydrogen-bond acceptors (Lipinski definition) is 0. The van der Waals surface area contributed by atoms with Crippen LogP contribution in [-0.4, -0.2) is 0 Å². The molecule has 6 heavy (non-hydrogen) atoms. The van der Waals surface area contributed by atoms with Gasteiger partial charge in [-0.05, 0) is 0 Å². The van der Waals surface area contributed by atoms with Gasteiger partial charge in [0.05, 0.1) is 0 Å². The normalized spacial score (nSPS) is 0. The van der Waals surface area contributed by atoms with Gasteiger partial charge in [-0.15, -0.1) is 0 Å². The molecule has 4 heteroatoms. The van der Waals surface area contributed by atoms with E-state index in [4.69, 9.17) is 0 Å². The van der Waals surface area contributed by atoms with Gasteiger partial charge in [-0.2, -0.15) is 0 Å². The first kappa shape index (κ1) is 128. The van der Waals surface area contributed by atoms with Crippen molar-refractivity contribution >= 4 is 0 Å². The Kier molecular flexibility index (Phi) is 1720. The maximum atomic E-state index is 0. The van der Waals surface area contributed by atoms with Gasteiger partial charge in [0.25, 0.3) is 0 Å². The van der Waals surface area contributed by atoms with Crippen LogP contribution in [0.15, 0.2) is 0 Å². The van der Waals surface area contributed by atoms with E-state index in [0.717, 1.165) is 0 Å². The summed E-state index contributed by atoms with van der Waals surface area (Å²) < 4.78 is 0. The summed E-state index contributed by atoms with van der Waals surface area (Å²) >= 11 is 0. The molecule has 0 aromatic heterocycles. The topological polar surface area (TPSA) is 0 Å². The van der Waals surface area contributed by atoms with Gasteiger partial charge in [0.2, 0.25) is 0 Å². The van der Waals surface area contributed by atoms with Gasteiger partial charge in [0, 0.05) is 22.4 Å².